The second-order valence-corrected chi connectivity index (χ2v) is 13.7. The lowest BCUT2D eigenvalue weighted by molar-refractivity contribution is 0.669. The van der Waals surface area contributed by atoms with Crippen molar-refractivity contribution in [3.63, 3.8) is 0 Å². The average Bonchev–Trinajstić information content (AvgIpc) is 3.80. The van der Waals surface area contributed by atoms with Crippen molar-refractivity contribution in [2.24, 2.45) is 0 Å². The number of benzene rings is 9. The standard InChI is InChI=1S/C50H31NO2/c1-2-11-35-29-37(20-19-32(35)9-1)36-12-7-13-39(30-36)51(40-26-28-44-43-15-5-6-17-46(43)52-48(44)31-40)38-24-21-34(22-25-38)41-16-8-18-47-49(41)45-27-23-33-10-3-4-14-42(33)50(45)53-47/h1-31H. The molecule has 3 heteroatoms. The summed E-state index contributed by atoms with van der Waals surface area (Å²) in [7, 11) is 0. The monoisotopic (exact) mass is 677 g/mol. The summed E-state index contributed by atoms with van der Waals surface area (Å²) >= 11 is 0. The molecule has 0 radical (unpaired) electrons. The van der Waals surface area contributed by atoms with Crippen LogP contribution in [0.5, 0.6) is 0 Å². The van der Waals surface area contributed by atoms with Crippen molar-refractivity contribution < 1.29 is 8.83 Å². The zero-order chi connectivity index (χ0) is 34.9. The molecule has 0 aliphatic rings. The first kappa shape index (κ1) is 29.6. The highest BCUT2D eigenvalue weighted by atomic mass is 16.3. The highest BCUT2D eigenvalue weighted by Gasteiger charge is 2.18. The highest BCUT2D eigenvalue weighted by molar-refractivity contribution is 6.19. The number of nitrogens with zero attached hydrogens (tertiary/aromatic N) is 1. The van der Waals surface area contributed by atoms with Gasteiger partial charge in [0.15, 0.2) is 0 Å². The van der Waals surface area contributed by atoms with Crippen LogP contribution < -0.4 is 4.90 Å². The van der Waals surface area contributed by atoms with Crippen LogP contribution in [-0.4, -0.2) is 0 Å². The highest BCUT2D eigenvalue weighted by Crippen LogP contribution is 2.43. The average molecular weight is 678 g/mol. The van der Waals surface area contributed by atoms with Gasteiger partial charge in [-0.2, -0.15) is 0 Å². The van der Waals surface area contributed by atoms with Crippen molar-refractivity contribution in [3.8, 4) is 22.3 Å². The molecule has 53 heavy (non-hydrogen) atoms. The lowest BCUT2D eigenvalue weighted by atomic mass is 9.97. The number of fused-ring (bicyclic) bond motifs is 9. The molecule has 3 nitrogen and oxygen atoms in total. The summed E-state index contributed by atoms with van der Waals surface area (Å²) in [5, 5.41) is 9.27. The molecule has 0 fully saturated rings. The zero-order valence-corrected chi connectivity index (χ0v) is 28.7. The van der Waals surface area contributed by atoms with Crippen LogP contribution in [-0.2, 0) is 0 Å². The zero-order valence-electron chi connectivity index (χ0n) is 28.7. The van der Waals surface area contributed by atoms with E-state index in [1.165, 1.54) is 21.7 Å². The van der Waals surface area contributed by atoms with Gasteiger partial charge in [-0.1, -0.05) is 121 Å². The minimum atomic E-state index is 0.863. The predicted molar refractivity (Wildman–Crippen MR) is 222 cm³/mol. The summed E-state index contributed by atoms with van der Waals surface area (Å²) in [6.45, 7) is 0. The maximum Gasteiger partial charge on any atom is 0.143 e. The lowest BCUT2D eigenvalue weighted by Crippen LogP contribution is -2.10. The largest absolute Gasteiger partial charge is 0.456 e. The summed E-state index contributed by atoms with van der Waals surface area (Å²) in [6.07, 6.45) is 0. The van der Waals surface area contributed by atoms with E-state index < -0.39 is 0 Å². The van der Waals surface area contributed by atoms with Crippen LogP contribution in [0, 0.1) is 0 Å². The fourth-order valence-electron chi connectivity index (χ4n) is 8.08. The second-order valence-electron chi connectivity index (χ2n) is 13.7. The molecule has 2 aromatic heterocycles. The first-order chi connectivity index (χ1) is 26.2. The smallest absolute Gasteiger partial charge is 0.143 e. The quantitative estimate of drug-likeness (QED) is 0.182. The van der Waals surface area contributed by atoms with Gasteiger partial charge in [0.25, 0.3) is 0 Å². The first-order valence-corrected chi connectivity index (χ1v) is 18.0. The molecule has 9 aromatic carbocycles. The van der Waals surface area contributed by atoms with Gasteiger partial charge in [-0.3, -0.25) is 0 Å². The Hall–Kier alpha value is -7.10. The van der Waals surface area contributed by atoms with Gasteiger partial charge in [0.05, 0.1) is 0 Å². The Balaban J connectivity index is 1.06. The number of furan rings is 2. The molecule has 11 aromatic rings. The minimum Gasteiger partial charge on any atom is -0.456 e. The van der Waals surface area contributed by atoms with E-state index in [1.54, 1.807) is 0 Å². The van der Waals surface area contributed by atoms with Gasteiger partial charge in [0.1, 0.15) is 22.3 Å². The minimum absolute atomic E-state index is 0.863. The van der Waals surface area contributed by atoms with Gasteiger partial charge in [-0.15, -0.1) is 0 Å². The van der Waals surface area contributed by atoms with E-state index in [0.717, 1.165) is 83.0 Å². The Morgan fingerprint density at radius 3 is 1.87 bits per heavy atom. The summed E-state index contributed by atoms with van der Waals surface area (Å²) < 4.78 is 12.9. The van der Waals surface area contributed by atoms with Crippen LogP contribution >= 0.6 is 0 Å². The van der Waals surface area contributed by atoms with Gasteiger partial charge in [0, 0.05) is 50.1 Å². The normalized spacial score (nSPS) is 11.8. The van der Waals surface area contributed by atoms with E-state index in [4.69, 9.17) is 8.83 Å². The molecular formula is C50H31NO2. The van der Waals surface area contributed by atoms with Gasteiger partial charge in [0.2, 0.25) is 0 Å². The molecule has 0 amide bonds. The fourth-order valence-corrected chi connectivity index (χ4v) is 8.08. The Morgan fingerprint density at radius 2 is 0.962 bits per heavy atom. The SMILES string of the molecule is c1cc(-c2ccc3ccccc3c2)cc(N(c2ccc(-c3cccc4oc5c6ccccc6ccc5c34)cc2)c2ccc3c(c2)oc2ccccc23)c1. The van der Waals surface area contributed by atoms with Gasteiger partial charge < -0.3 is 13.7 Å². The number of anilines is 3. The van der Waals surface area contributed by atoms with Gasteiger partial charge in [-0.05, 0) is 99.1 Å². The molecule has 0 aliphatic carbocycles. The molecule has 0 saturated carbocycles. The van der Waals surface area contributed by atoms with Crippen LogP contribution in [0.3, 0.4) is 0 Å². The molecular weight excluding hydrogens is 647 g/mol. The molecule has 11 rings (SSSR count). The summed E-state index contributed by atoms with van der Waals surface area (Å²) in [4.78, 5) is 2.32. The van der Waals surface area contributed by atoms with Crippen molar-refractivity contribution in [3.05, 3.63) is 188 Å². The lowest BCUT2D eigenvalue weighted by Gasteiger charge is -2.26. The molecule has 0 unspecified atom stereocenters. The number of hydrogen-bond donors (Lipinski definition) is 0. The van der Waals surface area contributed by atoms with Crippen molar-refractivity contribution >= 4 is 82.5 Å². The molecule has 0 saturated heterocycles. The third-order valence-electron chi connectivity index (χ3n) is 10.6. The molecule has 0 atom stereocenters. The van der Waals surface area contributed by atoms with Crippen LogP contribution in [0.4, 0.5) is 17.1 Å². The number of rotatable bonds is 5. The second kappa shape index (κ2) is 11.7. The Labute approximate surface area is 305 Å². The Bertz CT molecular complexity index is 3180. The molecule has 0 spiro atoms. The molecule has 248 valence electrons. The van der Waals surface area contributed by atoms with E-state index >= 15 is 0 Å². The predicted octanol–water partition coefficient (Wildman–Crippen LogP) is 14.6. The number of para-hydroxylation sites is 1. The van der Waals surface area contributed by atoms with E-state index in [9.17, 15) is 0 Å². The number of hydrogen-bond acceptors (Lipinski definition) is 3. The van der Waals surface area contributed by atoms with Crippen molar-refractivity contribution in [1.82, 2.24) is 0 Å². The van der Waals surface area contributed by atoms with Crippen LogP contribution in [0.2, 0.25) is 0 Å². The van der Waals surface area contributed by atoms with Gasteiger partial charge >= 0.3 is 0 Å². The first-order valence-electron chi connectivity index (χ1n) is 18.0. The van der Waals surface area contributed by atoms with E-state index in [2.05, 4.69) is 181 Å². The summed E-state index contributed by atoms with van der Waals surface area (Å²) in [5.41, 5.74) is 11.3. The van der Waals surface area contributed by atoms with E-state index in [-0.39, 0.29) is 0 Å². The third kappa shape index (κ3) is 4.82. The maximum atomic E-state index is 6.52. The van der Waals surface area contributed by atoms with Gasteiger partial charge in [-0.25, -0.2) is 0 Å². The Morgan fingerprint density at radius 1 is 0.321 bits per heavy atom. The molecule has 0 aliphatic heterocycles. The van der Waals surface area contributed by atoms with E-state index in [1.807, 2.05) is 12.1 Å². The topological polar surface area (TPSA) is 29.5 Å². The van der Waals surface area contributed by atoms with Crippen LogP contribution in [0.1, 0.15) is 0 Å². The summed E-state index contributed by atoms with van der Waals surface area (Å²) in [6, 6.07) is 66.8. The fraction of sp³-hybridized carbons (Fsp3) is 0. The van der Waals surface area contributed by atoms with Crippen molar-refractivity contribution in [1.29, 1.82) is 0 Å². The Kier molecular flexibility index (Phi) is 6.55. The molecule has 2 heterocycles. The van der Waals surface area contributed by atoms with Crippen molar-refractivity contribution in [2.45, 2.75) is 0 Å². The molecule has 0 N–H and O–H groups in total. The third-order valence-corrected chi connectivity index (χ3v) is 10.6. The van der Waals surface area contributed by atoms with Crippen molar-refractivity contribution in [2.75, 3.05) is 4.90 Å². The maximum absolute atomic E-state index is 6.52. The van der Waals surface area contributed by atoms with Crippen LogP contribution in [0.25, 0.3) is 87.7 Å². The molecule has 0 bridgehead atoms. The van der Waals surface area contributed by atoms with E-state index in [0.29, 0.717) is 0 Å². The van der Waals surface area contributed by atoms with Crippen LogP contribution in [0.15, 0.2) is 197 Å². The summed E-state index contributed by atoms with van der Waals surface area (Å²) in [5.74, 6) is 0.